The molecule has 0 spiro atoms. The first-order chi connectivity index (χ1) is 12.7. The predicted octanol–water partition coefficient (Wildman–Crippen LogP) is 7.74. The minimum absolute atomic E-state index is 0.592. The second-order valence-corrected chi connectivity index (χ2v) is 9.31. The molecule has 0 heterocycles. The Bertz CT molecular complexity index is 231. The average Bonchev–Trinajstić information content (AvgIpc) is 2.65. The van der Waals surface area contributed by atoms with Crippen LogP contribution < -0.4 is 0 Å². The second-order valence-electron chi connectivity index (χ2n) is 8.74. The summed E-state index contributed by atoms with van der Waals surface area (Å²) in [6.07, 6.45) is 27.1. The molecule has 158 valence electrons. The summed E-state index contributed by atoms with van der Waals surface area (Å²) < 4.78 is 5.67. The van der Waals surface area contributed by atoms with Crippen molar-refractivity contribution in [3.05, 3.63) is 0 Å². The van der Waals surface area contributed by atoms with Crippen LogP contribution in [0.5, 0.6) is 0 Å². The first kappa shape index (κ1) is 26.2. The molecular formula is C24H52OSi. The first-order valence-electron chi connectivity index (χ1n) is 12.2. The van der Waals surface area contributed by atoms with Crippen molar-refractivity contribution in [1.29, 1.82) is 0 Å². The highest BCUT2D eigenvalue weighted by molar-refractivity contribution is 5.97. The summed E-state index contributed by atoms with van der Waals surface area (Å²) in [5, 5.41) is 0. The number of hydrogen-bond acceptors (Lipinski definition) is 1. The molecule has 0 aromatic carbocycles. The van der Waals surface area contributed by atoms with Gasteiger partial charge in [0.2, 0.25) is 0 Å². The van der Waals surface area contributed by atoms with Crippen LogP contribution in [0, 0.1) is 5.41 Å². The molecule has 26 heavy (non-hydrogen) atoms. The lowest BCUT2D eigenvalue weighted by Gasteiger charge is -2.35. The maximum Gasteiger partial charge on any atom is 0.145 e. The maximum atomic E-state index is 5.67. The molecule has 0 radical (unpaired) electrons. The molecule has 0 saturated heterocycles. The van der Waals surface area contributed by atoms with E-state index in [4.69, 9.17) is 4.43 Å². The van der Waals surface area contributed by atoms with E-state index in [1.54, 1.807) is 0 Å². The van der Waals surface area contributed by atoms with E-state index < -0.39 is 0 Å². The highest BCUT2D eigenvalue weighted by Gasteiger charge is 2.28. The average molecular weight is 385 g/mol. The lowest BCUT2D eigenvalue weighted by molar-refractivity contribution is 0.145. The van der Waals surface area contributed by atoms with Crippen LogP contribution in [0.15, 0.2) is 0 Å². The molecule has 0 bridgehead atoms. The topological polar surface area (TPSA) is 9.23 Å². The molecule has 0 aliphatic carbocycles. The molecule has 0 aromatic heterocycles. The van der Waals surface area contributed by atoms with Crippen molar-refractivity contribution in [3.63, 3.8) is 0 Å². The molecule has 0 atom stereocenters. The van der Waals surface area contributed by atoms with Gasteiger partial charge in [0, 0.05) is 6.61 Å². The first-order valence-corrected chi connectivity index (χ1v) is 13.0. The van der Waals surface area contributed by atoms with Crippen molar-refractivity contribution in [1.82, 2.24) is 0 Å². The molecule has 0 aromatic rings. The minimum atomic E-state index is 0.592. The van der Waals surface area contributed by atoms with E-state index in [9.17, 15) is 0 Å². The van der Waals surface area contributed by atoms with Gasteiger partial charge in [0.15, 0.2) is 0 Å². The lowest BCUT2D eigenvalue weighted by Crippen LogP contribution is -2.23. The second kappa shape index (κ2) is 19.9. The third kappa shape index (κ3) is 15.3. The Labute approximate surface area is 170 Å². The van der Waals surface area contributed by atoms with E-state index in [1.807, 2.05) is 0 Å². The monoisotopic (exact) mass is 384 g/mol. The van der Waals surface area contributed by atoms with Crippen LogP contribution in [0.25, 0.3) is 0 Å². The zero-order chi connectivity index (χ0) is 19.3. The SMILES string of the molecule is CCCCCCCC(CCCCCCC)(CCCCCCC)CCO[SiH3]. The van der Waals surface area contributed by atoms with Crippen molar-refractivity contribution >= 4 is 10.5 Å². The summed E-state index contributed by atoms with van der Waals surface area (Å²) in [6, 6.07) is 0. The van der Waals surface area contributed by atoms with Gasteiger partial charge in [0.25, 0.3) is 0 Å². The fraction of sp³-hybridized carbons (Fsp3) is 1.00. The number of rotatable bonds is 21. The van der Waals surface area contributed by atoms with Crippen molar-refractivity contribution < 1.29 is 4.43 Å². The molecule has 0 amide bonds. The third-order valence-electron chi connectivity index (χ3n) is 6.27. The smallest absolute Gasteiger partial charge is 0.145 e. The van der Waals surface area contributed by atoms with E-state index in [1.165, 1.54) is 122 Å². The van der Waals surface area contributed by atoms with Crippen molar-refractivity contribution in [2.45, 2.75) is 143 Å². The van der Waals surface area contributed by atoms with Crippen LogP contribution in [0.4, 0.5) is 0 Å². The van der Waals surface area contributed by atoms with E-state index in [0.29, 0.717) is 5.41 Å². The van der Waals surface area contributed by atoms with Crippen LogP contribution in [-0.4, -0.2) is 17.1 Å². The molecule has 0 aliphatic rings. The number of hydrogen-bond donors (Lipinski definition) is 0. The van der Waals surface area contributed by atoms with Gasteiger partial charge in [-0.25, -0.2) is 0 Å². The van der Waals surface area contributed by atoms with E-state index >= 15 is 0 Å². The highest BCUT2D eigenvalue weighted by Crippen LogP contribution is 2.40. The quantitative estimate of drug-likeness (QED) is 0.145. The molecule has 0 rings (SSSR count). The molecule has 0 aliphatic heterocycles. The molecule has 1 nitrogen and oxygen atoms in total. The fourth-order valence-electron chi connectivity index (χ4n) is 4.38. The van der Waals surface area contributed by atoms with Crippen LogP contribution in [0.2, 0.25) is 0 Å². The Morgan fingerprint density at radius 2 is 0.846 bits per heavy atom. The van der Waals surface area contributed by atoms with Gasteiger partial charge in [-0.15, -0.1) is 0 Å². The van der Waals surface area contributed by atoms with Crippen LogP contribution >= 0.6 is 0 Å². The summed E-state index contributed by atoms with van der Waals surface area (Å²) >= 11 is 0. The van der Waals surface area contributed by atoms with Crippen LogP contribution in [0.3, 0.4) is 0 Å². The van der Waals surface area contributed by atoms with Crippen molar-refractivity contribution in [3.8, 4) is 0 Å². The van der Waals surface area contributed by atoms with Crippen LogP contribution in [0.1, 0.15) is 143 Å². The van der Waals surface area contributed by atoms with Gasteiger partial charge in [-0.2, -0.15) is 0 Å². The maximum absolute atomic E-state index is 5.67. The zero-order valence-corrected chi connectivity index (χ0v) is 21.1. The molecule has 0 N–H and O–H groups in total. The lowest BCUT2D eigenvalue weighted by atomic mass is 9.72. The highest BCUT2D eigenvalue weighted by atomic mass is 28.2. The van der Waals surface area contributed by atoms with Gasteiger partial charge >= 0.3 is 0 Å². The van der Waals surface area contributed by atoms with Gasteiger partial charge in [0.05, 0.1) is 0 Å². The van der Waals surface area contributed by atoms with Crippen molar-refractivity contribution in [2.24, 2.45) is 5.41 Å². The molecular weight excluding hydrogens is 332 g/mol. The summed E-state index contributed by atoms with van der Waals surface area (Å²) in [5.74, 6) is 0. The van der Waals surface area contributed by atoms with Gasteiger partial charge in [-0.1, -0.05) is 117 Å². The predicted molar refractivity (Wildman–Crippen MR) is 123 cm³/mol. The normalized spacial score (nSPS) is 12.1. The molecule has 0 fully saturated rings. The molecule has 0 saturated carbocycles. The summed E-state index contributed by atoms with van der Waals surface area (Å²) in [5.41, 5.74) is 0.592. The zero-order valence-electron chi connectivity index (χ0n) is 19.1. The summed E-state index contributed by atoms with van der Waals surface area (Å²) in [6.45, 7) is 7.98. The minimum Gasteiger partial charge on any atom is -0.428 e. The van der Waals surface area contributed by atoms with Gasteiger partial charge in [0.1, 0.15) is 10.5 Å². The summed E-state index contributed by atoms with van der Waals surface area (Å²) in [4.78, 5) is 0. The van der Waals surface area contributed by atoms with Gasteiger partial charge < -0.3 is 4.43 Å². The Kier molecular flexibility index (Phi) is 20.1. The van der Waals surface area contributed by atoms with E-state index in [0.717, 1.165) is 17.1 Å². The van der Waals surface area contributed by atoms with Gasteiger partial charge in [-0.05, 0) is 31.1 Å². The summed E-state index contributed by atoms with van der Waals surface area (Å²) in [7, 11) is 0.901. The Morgan fingerprint density at radius 1 is 0.500 bits per heavy atom. The van der Waals surface area contributed by atoms with Gasteiger partial charge in [-0.3, -0.25) is 0 Å². The van der Waals surface area contributed by atoms with E-state index in [2.05, 4.69) is 20.8 Å². The molecule has 2 heteroatoms. The Balaban J connectivity index is 4.52. The van der Waals surface area contributed by atoms with Crippen molar-refractivity contribution in [2.75, 3.05) is 6.61 Å². The standard InChI is InChI=1S/C24H52OSi/c1-4-7-10-13-16-19-24(22-23-25-26,20-17-14-11-8-5-2)21-18-15-12-9-6-3/h4-23H2,1-3,26H3. The molecule has 0 unspecified atom stereocenters. The Morgan fingerprint density at radius 3 is 1.15 bits per heavy atom. The van der Waals surface area contributed by atoms with E-state index in [-0.39, 0.29) is 0 Å². The largest absolute Gasteiger partial charge is 0.428 e. The van der Waals surface area contributed by atoms with Crippen LogP contribution in [-0.2, 0) is 4.43 Å². The number of unbranched alkanes of at least 4 members (excludes halogenated alkanes) is 12. The Hall–Kier alpha value is 0.177. The third-order valence-corrected chi connectivity index (χ3v) is 6.68. The fourth-order valence-corrected chi connectivity index (χ4v) is 4.58.